The minimum atomic E-state index is -0.303. The Kier molecular flexibility index (Phi) is 5.46. The van der Waals surface area contributed by atoms with Crippen molar-refractivity contribution in [1.29, 1.82) is 0 Å². The highest BCUT2D eigenvalue weighted by molar-refractivity contribution is 7.13. The molecule has 0 saturated heterocycles. The monoisotopic (exact) mass is 321 g/mol. The number of methoxy groups -OCH3 is 1. The molecular formula is C15H19N3O3S. The number of carbonyl (C=O) groups excluding carboxylic acids is 1. The van der Waals surface area contributed by atoms with Crippen molar-refractivity contribution >= 4 is 22.4 Å². The van der Waals surface area contributed by atoms with Crippen molar-refractivity contribution in [2.24, 2.45) is 0 Å². The number of nitrogens with zero attached hydrogens (tertiary/aromatic N) is 2. The van der Waals surface area contributed by atoms with E-state index < -0.39 is 0 Å². The zero-order valence-corrected chi connectivity index (χ0v) is 13.9. The van der Waals surface area contributed by atoms with Gasteiger partial charge in [0.25, 0.3) is 5.91 Å². The zero-order valence-electron chi connectivity index (χ0n) is 13.0. The summed E-state index contributed by atoms with van der Waals surface area (Å²) in [5.41, 5.74) is 1.88. The first-order chi connectivity index (χ1) is 10.5. The van der Waals surface area contributed by atoms with Crippen LogP contribution in [0.4, 0.5) is 5.13 Å². The summed E-state index contributed by atoms with van der Waals surface area (Å²) >= 11 is 1.38. The normalized spacial score (nSPS) is 12.0. The fourth-order valence-electron chi connectivity index (χ4n) is 1.89. The molecule has 1 atom stereocenters. The van der Waals surface area contributed by atoms with Crippen LogP contribution in [0.2, 0.25) is 0 Å². The maximum atomic E-state index is 12.3. The number of carbonyl (C=O) groups is 1. The van der Waals surface area contributed by atoms with Crippen molar-refractivity contribution in [2.45, 2.75) is 26.9 Å². The van der Waals surface area contributed by atoms with E-state index in [2.05, 4.69) is 15.3 Å². The lowest BCUT2D eigenvalue weighted by Crippen LogP contribution is -2.19. The average Bonchev–Trinajstić information content (AvgIpc) is 2.83. The number of aryl methyl sites for hydroxylation is 2. The molecule has 0 fully saturated rings. The van der Waals surface area contributed by atoms with Gasteiger partial charge in [-0.2, -0.15) is 0 Å². The second-order valence-electron chi connectivity index (χ2n) is 4.96. The van der Waals surface area contributed by atoms with Gasteiger partial charge in [0.1, 0.15) is 17.5 Å². The number of aromatic nitrogens is 2. The van der Waals surface area contributed by atoms with Gasteiger partial charge < -0.3 is 9.47 Å². The summed E-state index contributed by atoms with van der Waals surface area (Å²) in [6.45, 7) is 6.07. The predicted molar refractivity (Wildman–Crippen MR) is 85.7 cm³/mol. The highest BCUT2D eigenvalue weighted by atomic mass is 32.1. The molecular weight excluding hydrogens is 302 g/mol. The smallest absolute Gasteiger partial charge is 0.276 e. The standard InChI is InChI=1S/C15H19N3O3S/c1-9-5-12(21-11(3)7-20-4)6-13(16-9)14(19)18-15-17-10(2)8-22-15/h5-6,8,11H,7H2,1-4H3,(H,17,18,19)/t11-/m1/s1. The number of rotatable bonds is 6. The fourth-order valence-corrected chi connectivity index (χ4v) is 2.58. The van der Waals surface area contributed by atoms with Crippen molar-refractivity contribution in [3.05, 3.63) is 34.6 Å². The molecule has 7 heteroatoms. The molecule has 0 aliphatic carbocycles. The Morgan fingerprint density at radius 3 is 2.73 bits per heavy atom. The third-order valence-electron chi connectivity index (χ3n) is 2.74. The summed E-state index contributed by atoms with van der Waals surface area (Å²) in [4.78, 5) is 20.7. The lowest BCUT2D eigenvalue weighted by molar-refractivity contribution is 0.0915. The van der Waals surface area contributed by atoms with Crippen molar-refractivity contribution < 1.29 is 14.3 Å². The molecule has 1 amide bonds. The average molecular weight is 321 g/mol. The number of pyridine rings is 1. The second kappa shape index (κ2) is 7.33. The van der Waals surface area contributed by atoms with Gasteiger partial charge in [0, 0.05) is 30.3 Å². The maximum absolute atomic E-state index is 12.3. The highest BCUT2D eigenvalue weighted by Gasteiger charge is 2.13. The molecule has 0 bridgehead atoms. The van der Waals surface area contributed by atoms with Crippen LogP contribution in [0.3, 0.4) is 0 Å². The van der Waals surface area contributed by atoms with Gasteiger partial charge in [-0.3, -0.25) is 10.1 Å². The largest absolute Gasteiger partial charge is 0.488 e. The quantitative estimate of drug-likeness (QED) is 0.885. The van der Waals surface area contributed by atoms with Crippen LogP contribution in [0.25, 0.3) is 0 Å². The SMILES string of the molecule is COC[C@@H](C)Oc1cc(C)nc(C(=O)Nc2nc(C)cs2)c1. The molecule has 0 radical (unpaired) electrons. The summed E-state index contributed by atoms with van der Waals surface area (Å²) in [5, 5.41) is 5.17. The lowest BCUT2D eigenvalue weighted by Gasteiger charge is -2.14. The number of ether oxygens (including phenoxy) is 2. The van der Waals surface area contributed by atoms with E-state index in [1.54, 1.807) is 19.2 Å². The Morgan fingerprint density at radius 2 is 2.09 bits per heavy atom. The van der Waals surface area contributed by atoms with Gasteiger partial charge in [-0.15, -0.1) is 11.3 Å². The van der Waals surface area contributed by atoms with Gasteiger partial charge in [-0.05, 0) is 20.8 Å². The summed E-state index contributed by atoms with van der Waals surface area (Å²) in [6, 6.07) is 3.41. The Balaban J connectivity index is 2.12. The van der Waals surface area contributed by atoms with Gasteiger partial charge in [-0.25, -0.2) is 9.97 Å². The third-order valence-corrected chi connectivity index (χ3v) is 3.61. The van der Waals surface area contributed by atoms with E-state index in [1.165, 1.54) is 11.3 Å². The van der Waals surface area contributed by atoms with Crippen LogP contribution >= 0.6 is 11.3 Å². The van der Waals surface area contributed by atoms with Crippen LogP contribution in [0.15, 0.2) is 17.5 Å². The summed E-state index contributed by atoms with van der Waals surface area (Å²) < 4.78 is 10.8. The molecule has 2 aromatic heterocycles. The third kappa shape index (κ3) is 4.51. The van der Waals surface area contributed by atoms with E-state index in [0.29, 0.717) is 28.9 Å². The first kappa shape index (κ1) is 16.4. The molecule has 0 unspecified atom stereocenters. The molecule has 22 heavy (non-hydrogen) atoms. The van der Waals surface area contributed by atoms with E-state index in [1.807, 2.05) is 26.2 Å². The van der Waals surface area contributed by atoms with Crippen LogP contribution in [0.1, 0.15) is 28.8 Å². The number of hydrogen-bond donors (Lipinski definition) is 1. The molecule has 0 saturated carbocycles. The van der Waals surface area contributed by atoms with E-state index in [-0.39, 0.29) is 12.0 Å². The van der Waals surface area contributed by atoms with Crippen LogP contribution in [0, 0.1) is 13.8 Å². The maximum Gasteiger partial charge on any atom is 0.276 e. The number of nitrogens with one attached hydrogen (secondary N) is 1. The van der Waals surface area contributed by atoms with Gasteiger partial charge >= 0.3 is 0 Å². The summed E-state index contributed by atoms with van der Waals surface area (Å²) in [5.74, 6) is 0.291. The van der Waals surface area contributed by atoms with E-state index >= 15 is 0 Å². The number of hydrogen-bond acceptors (Lipinski definition) is 6. The van der Waals surface area contributed by atoms with Gasteiger partial charge in [0.15, 0.2) is 5.13 Å². The van der Waals surface area contributed by atoms with E-state index in [4.69, 9.17) is 9.47 Å². The first-order valence-electron chi connectivity index (χ1n) is 6.85. The Bertz CT molecular complexity index is 657. The van der Waals surface area contributed by atoms with Gasteiger partial charge in [0.05, 0.1) is 12.3 Å². The molecule has 2 rings (SSSR count). The van der Waals surface area contributed by atoms with Crippen LogP contribution in [-0.4, -0.2) is 35.7 Å². The molecule has 0 aliphatic rings. The topological polar surface area (TPSA) is 73.3 Å². The molecule has 0 spiro atoms. The Labute approximate surface area is 133 Å². The molecule has 1 N–H and O–H groups in total. The Morgan fingerprint density at radius 1 is 1.32 bits per heavy atom. The lowest BCUT2D eigenvalue weighted by atomic mass is 10.2. The molecule has 0 aromatic carbocycles. The van der Waals surface area contributed by atoms with Crippen molar-refractivity contribution in [2.75, 3.05) is 19.0 Å². The van der Waals surface area contributed by atoms with Crippen LogP contribution < -0.4 is 10.1 Å². The van der Waals surface area contributed by atoms with Crippen molar-refractivity contribution in [3.8, 4) is 5.75 Å². The van der Waals surface area contributed by atoms with E-state index in [0.717, 1.165) is 5.69 Å². The zero-order chi connectivity index (χ0) is 16.1. The highest BCUT2D eigenvalue weighted by Crippen LogP contribution is 2.19. The van der Waals surface area contributed by atoms with Crippen LogP contribution in [-0.2, 0) is 4.74 Å². The second-order valence-corrected chi connectivity index (χ2v) is 5.82. The molecule has 6 nitrogen and oxygen atoms in total. The number of thiazole rings is 1. The van der Waals surface area contributed by atoms with Crippen LogP contribution in [0.5, 0.6) is 5.75 Å². The summed E-state index contributed by atoms with van der Waals surface area (Å²) in [6.07, 6.45) is -0.107. The Hall–Kier alpha value is -1.99. The minimum Gasteiger partial charge on any atom is -0.488 e. The first-order valence-corrected chi connectivity index (χ1v) is 7.73. The molecule has 2 aromatic rings. The fraction of sp³-hybridized carbons (Fsp3) is 0.400. The van der Waals surface area contributed by atoms with Crippen molar-refractivity contribution in [1.82, 2.24) is 9.97 Å². The molecule has 0 aliphatic heterocycles. The minimum absolute atomic E-state index is 0.107. The summed E-state index contributed by atoms with van der Waals surface area (Å²) in [7, 11) is 1.62. The molecule has 2 heterocycles. The van der Waals surface area contributed by atoms with Gasteiger partial charge in [0.2, 0.25) is 0 Å². The van der Waals surface area contributed by atoms with Crippen molar-refractivity contribution in [3.63, 3.8) is 0 Å². The van der Waals surface area contributed by atoms with E-state index in [9.17, 15) is 4.79 Å². The van der Waals surface area contributed by atoms with Gasteiger partial charge in [-0.1, -0.05) is 0 Å². The molecule has 118 valence electrons. The number of amides is 1. The predicted octanol–water partition coefficient (Wildman–Crippen LogP) is 2.82. The number of anilines is 1.